The molecule has 0 aliphatic carbocycles. The summed E-state index contributed by atoms with van der Waals surface area (Å²) in [5.41, 5.74) is 9.54. The third-order valence-electron chi connectivity index (χ3n) is 13.5. The Bertz CT molecular complexity index is 2930. The molecule has 4 heterocycles. The van der Waals surface area contributed by atoms with Crippen LogP contribution >= 0.6 is 0 Å². The summed E-state index contributed by atoms with van der Waals surface area (Å²) < 4.78 is 5.69. The van der Waals surface area contributed by atoms with Crippen molar-refractivity contribution in [1.29, 1.82) is 0 Å². The molecule has 14 rings (SSSR count). The number of nitrogens with zero attached hydrogens (tertiary/aromatic N) is 2. The van der Waals surface area contributed by atoms with Gasteiger partial charge < -0.3 is 0 Å². The molecule has 4 aliphatic heterocycles. The van der Waals surface area contributed by atoms with Crippen LogP contribution in [0.15, 0.2) is 146 Å². The van der Waals surface area contributed by atoms with Gasteiger partial charge in [-0.15, -0.1) is 0 Å². The molecule has 0 bridgehead atoms. The number of hydrogen-bond donors (Lipinski definition) is 0. The number of benzene rings is 10. The Balaban J connectivity index is 1.17. The van der Waals surface area contributed by atoms with Gasteiger partial charge in [0.1, 0.15) is 0 Å². The molecule has 51 heavy (non-hydrogen) atoms. The van der Waals surface area contributed by atoms with Crippen molar-refractivity contribution in [2.75, 3.05) is 0 Å². The molecular formula is C48H32N2Se+2. The van der Waals surface area contributed by atoms with Gasteiger partial charge in [-0.25, -0.2) is 0 Å². The molecule has 10 aromatic carbocycles. The van der Waals surface area contributed by atoms with Gasteiger partial charge in [0.05, 0.1) is 0 Å². The summed E-state index contributed by atoms with van der Waals surface area (Å²) in [5, 5.41) is 16.8. The Morgan fingerprint density at radius 3 is 1.02 bits per heavy atom. The Kier molecular flexibility index (Phi) is 4.38. The van der Waals surface area contributed by atoms with Crippen molar-refractivity contribution in [3.05, 3.63) is 168 Å². The quantitative estimate of drug-likeness (QED) is 0.124. The Hall–Kier alpha value is -5.28. The third kappa shape index (κ3) is 2.67. The molecule has 0 fully saturated rings. The first-order valence-corrected chi connectivity index (χ1v) is 21.6. The van der Waals surface area contributed by atoms with Gasteiger partial charge in [0.25, 0.3) is 0 Å². The average Bonchev–Trinajstić information content (AvgIpc) is 3.84. The Labute approximate surface area is 297 Å². The van der Waals surface area contributed by atoms with Crippen molar-refractivity contribution in [1.82, 2.24) is 7.00 Å². The van der Waals surface area contributed by atoms with E-state index < -0.39 is 13.3 Å². The minimum atomic E-state index is -2.97. The molecule has 0 saturated carbocycles. The fourth-order valence-electron chi connectivity index (χ4n) is 12.0. The van der Waals surface area contributed by atoms with Gasteiger partial charge in [-0.05, 0) is 0 Å². The van der Waals surface area contributed by atoms with Gasteiger partial charge in [0.15, 0.2) is 0 Å². The van der Waals surface area contributed by atoms with Crippen LogP contribution in [0.5, 0.6) is 0 Å². The second kappa shape index (κ2) is 8.43. The van der Waals surface area contributed by atoms with Crippen LogP contribution < -0.4 is 15.9 Å². The predicted molar refractivity (Wildman–Crippen MR) is 217 cm³/mol. The van der Waals surface area contributed by atoms with Crippen molar-refractivity contribution < 1.29 is 0 Å². The summed E-state index contributed by atoms with van der Waals surface area (Å²) in [4.78, 5) is 0. The zero-order valence-electron chi connectivity index (χ0n) is 28.0. The van der Waals surface area contributed by atoms with E-state index in [0.29, 0.717) is 0 Å². The topological polar surface area (TPSA) is 0 Å². The summed E-state index contributed by atoms with van der Waals surface area (Å²) in [5.74, 6) is 0. The molecule has 0 saturated heterocycles. The molecular weight excluding hydrogens is 684 g/mol. The van der Waals surface area contributed by atoms with Gasteiger partial charge >= 0.3 is 299 Å². The predicted octanol–water partition coefficient (Wildman–Crippen LogP) is 10.1. The van der Waals surface area contributed by atoms with E-state index in [1.54, 1.807) is 42.6 Å². The zero-order chi connectivity index (χ0) is 32.8. The second-order valence-electron chi connectivity index (χ2n) is 15.7. The summed E-state index contributed by atoms with van der Waals surface area (Å²) in [6.45, 7) is 4.31. The second-order valence-corrected chi connectivity index (χ2v) is 22.6. The average molecular weight is 716 g/mol. The SMILES string of the molecule is c1cc2c3c(c1)C[N+]1(c4ccc5ccc6cccc7ccc4c5c67)Cc4cccc5c4[Se]31[N+](c1ccc3ccc4cccc6ccc1c3c46)(C2)C5. The number of hydrogen-bond acceptors (Lipinski definition) is 0. The van der Waals surface area contributed by atoms with Crippen LogP contribution in [0.25, 0.3) is 64.6 Å². The van der Waals surface area contributed by atoms with Crippen LogP contribution in [-0.2, 0) is 26.2 Å². The molecule has 0 atom stereocenters. The van der Waals surface area contributed by atoms with Crippen molar-refractivity contribution in [3.8, 4) is 0 Å². The molecule has 10 aromatic rings. The first-order chi connectivity index (χ1) is 25.2. The molecule has 1 spiro atoms. The molecule has 4 aliphatic rings. The molecule has 238 valence electrons. The standard InChI is InChI=1S/C48H32N2Se/c1-5-29-13-15-33-19-23-41(39-21-17-31(7-1)43(29)45(33)39)49-25-35-9-3-11-37-27-50(28-38-12-4-10-36(26-49)48(38)51(49,50)47(35)37)42-24-20-34-16-14-30-6-2-8-32-18-22-40(42)46(34)44(30)32/h1-24H,25-28H2/q+2. The first kappa shape index (κ1) is 26.5. The molecule has 2 nitrogen and oxygen atoms in total. The van der Waals surface area contributed by atoms with Crippen LogP contribution in [0.3, 0.4) is 0 Å². The van der Waals surface area contributed by atoms with E-state index in [9.17, 15) is 0 Å². The van der Waals surface area contributed by atoms with Crippen molar-refractivity contribution in [3.63, 3.8) is 0 Å². The molecule has 0 N–H and O–H groups in total. The normalized spacial score (nSPS) is 25.3. The molecule has 0 amide bonds. The van der Waals surface area contributed by atoms with E-state index in [0.717, 1.165) is 33.2 Å². The van der Waals surface area contributed by atoms with E-state index >= 15 is 0 Å². The molecule has 0 unspecified atom stereocenters. The van der Waals surface area contributed by atoms with Gasteiger partial charge in [-0.2, -0.15) is 0 Å². The third-order valence-corrected chi connectivity index (χ3v) is 24.3. The summed E-state index contributed by atoms with van der Waals surface area (Å²) >= 11 is -2.97. The van der Waals surface area contributed by atoms with Crippen LogP contribution in [0.1, 0.15) is 22.3 Å². The van der Waals surface area contributed by atoms with E-state index in [-0.39, 0.29) is 0 Å². The van der Waals surface area contributed by atoms with Crippen molar-refractivity contribution >= 4 is 98.2 Å². The fourth-order valence-corrected chi connectivity index (χ4v) is 25.4. The van der Waals surface area contributed by atoms with Gasteiger partial charge in [0, 0.05) is 0 Å². The van der Waals surface area contributed by atoms with Gasteiger partial charge in [-0.1, -0.05) is 0 Å². The maximum absolute atomic E-state index is 2.97. The summed E-state index contributed by atoms with van der Waals surface area (Å²) in [6, 6.07) is 57.6. The Morgan fingerprint density at radius 1 is 0.314 bits per heavy atom. The van der Waals surface area contributed by atoms with Crippen LogP contribution in [0, 0.1) is 0 Å². The molecule has 3 heteroatoms. The maximum atomic E-state index is 2.57. The van der Waals surface area contributed by atoms with E-state index in [1.165, 1.54) is 64.6 Å². The summed E-state index contributed by atoms with van der Waals surface area (Å²) in [6.07, 6.45) is 0. The number of rotatable bonds is 2. The molecule has 0 aromatic heterocycles. The molecule has 0 radical (unpaired) electrons. The van der Waals surface area contributed by atoms with Crippen LogP contribution in [0.4, 0.5) is 11.4 Å². The van der Waals surface area contributed by atoms with Crippen molar-refractivity contribution in [2.45, 2.75) is 26.2 Å². The monoisotopic (exact) mass is 716 g/mol. The summed E-state index contributed by atoms with van der Waals surface area (Å²) in [7, 11) is 0. The van der Waals surface area contributed by atoms with E-state index in [1.807, 2.05) is 0 Å². The Morgan fingerprint density at radius 2 is 0.627 bits per heavy atom. The van der Waals surface area contributed by atoms with E-state index in [2.05, 4.69) is 146 Å². The van der Waals surface area contributed by atoms with Crippen LogP contribution in [0.2, 0.25) is 0 Å². The first-order valence-electron chi connectivity index (χ1n) is 18.3. The van der Waals surface area contributed by atoms with Gasteiger partial charge in [0.2, 0.25) is 0 Å². The van der Waals surface area contributed by atoms with E-state index in [4.69, 9.17) is 0 Å². The fraction of sp³-hybridized carbons (Fsp3) is 0.0833. The zero-order valence-corrected chi connectivity index (χ0v) is 29.7. The van der Waals surface area contributed by atoms with Crippen molar-refractivity contribution in [2.24, 2.45) is 0 Å². The van der Waals surface area contributed by atoms with Crippen LogP contribution in [-0.4, -0.2) is 13.3 Å². The van der Waals surface area contributed by atoms with Gasteiger partial charge in [-0.3, -0.25) is 0 Å². The minimum absolute atomic E-state index is 1.07. The number of quaternary nitrogens is 2.